The Balaban J connectivity index is 1.61. The van der Waals surface area contributed by atoms with E-state index in [1.54, 1.807) is 0 Å². The van der Waals surface area contributed by atoms with Crippen LogP contribution in [0.4, 0.5) is 0 Å². The van der Waals surface area contributed by atoms with Crippen LogP contribution in [-0.4, -0.2) is 40.4 Å². The fourth-order valence-electron chi connectivity index (χ4n) is 2.98. The summed E-state index contributed by atoms with van der Waals surface area (Å²) in [6, 6.07) is 11.8. The van der Waals surface area contributed by atoms with Crippen molar-refractivity contribution in [3.8, 4) is 5.69 Å². The number of carbonyl (C=O) groups is 2. The average molecular weight is 311 g/mol. The number of nitrogens with zero attached hydrogens (tertiary/aromatic N) is 2. The molecule has 2 aromatic rings. The first-order valence-electron chi connectivity index (χ1n) is 7.93. The maximum absolute atomic E-state index is 12.6. The van der Waals surface area contributed by atoms with Crippen LogP contribution in [-0.2, 0) is 4.79 Å². The lowest BCUT2D eigenvalue weighted by atomic mass is 10.0. The molecule has 1 aromatic heterocycles. The van der Waals surface area contributed by atoms with Crippen LogP contribution in [0.5, 0.6) is 0 Å². The molecule has 120 valence electrons. The molecule has 0 bridgehead atoms. The van der Waals surface area contributed by atoms with E-state index < -0.39 is 0 Å². The highest BCUT2D eigenvalue weighted by molar-refractivity contribution is 5.94. The monoisotopic (exact) mass is 311 g/mol. The molecule has 0 unspecified atom stereocenters. The van der Waals surface area contributed by atoms with Crippen molar-refractivity contribution < 1.29 is 9.59 Å². The third-order valence-corrected chi connectivity index (χ3v) is 4.21. The molecule has 5 heteroatoms. The molecular weight excluding hydrogens is 290 g/mol. The fraction of sp³-hybridized carbons (Fsp3) is 0.333. The van der Waals surface area contributed by atoms with Gasteiger partial charge in [-0.2, -0.15) is 0 Å². The second-order valence-electron chi connectivity index (χ2n) is 5.90. The Morgan fingerprint density at radius 1 is 1.04 bits per heavy atom. The lowest BCUT2D eigenvalue weighted by molar-refractivity contribution is -0.119. The number of rotatable bonds is 3. The third-order valence-electron chi connectivity index (χ3n) is 4.21. The van der Waals surface area contributed by atoms with Gasteiger partial charge in [-0.25, -0.2) is 0 Å². The summed E-state index contributed by atoms with van der Waals surface area (Å²) >= 11 is 0. The molecule has 2 amide bonds. The van der Waals surface area contributed by atoms with E-state index in [0.717, 1.165) is 18.5 Å². The summed E-state index contributed by atoms with van der Waals surface area (Å²) in [6.45, 7) is 2.90. The molecule has 0 atom stereocenters. The van der Waals surface area contributed by atoms with E-state index in [-0.39, 0.29) is 17.9 Å². The molecule has 2 heterocycles. The maximum atomic E-state index is 12.6. The minimum absolute atomic E-state index is 0.00428. The number of aromatic nitrogens is 1. The Kier molecular flexibility index (Phi) is 4.46. The summed E-state index contributed by atoms with van der Waals surface area (Å²) in [6.07, 6.45) is 5.58. The molecule has 0 spiro atoms. The van der Waals surface area contributed by atoms with Crippen LogP contribution in [0.15, 0.2) is 48.8 Å². The lowest BCUT2D eigenvalue weighted by Gasteiger charge is -2.32. The molecule has 3 rings (SSSR count). The van der Waals surface area contributed by atoms with Crippen LogP contribution in [0.25, 0.3) is 5.69 Å². The number of carbonyl (C=O) groups excluding carboxylic acids is 2. The molecule has 0 radical (unpaired) electrons. The first-order chi connectivity index (χ1) is 11.1. The van der Waals surface area contributed by atoms with Gasteiger partial charge in [0.05, 0.1) is 0 Å². The SMILES string of the molecule is CC(=O)NC1CCN(C(=O)c2ccc(-n3cccc3)cc2)CC1. The topological polar surface area (TPSA) is 54.3 Å². The predicted molar refractivity (Wildman–Crippen MR) is 88.5 cm³/mol. The van der Waals surface area contributed by atoms with Crippen molar-refractivity contribution in [3.05, 3.63) is 54.4 Å². The quantitative estimate of drug-likeness (QED) is 0.945. The standard InChI is InChI=1S/C18H21N3O2/c1-14(22)19-16-8-12-21(13-9-16)18(23)15-4-6-17(7-5-15)20-10-2-3-11-20/h2-7,10-11,16H,8-9,12-13H2,1H3,(H,19,22). The maximum Gasteiger partial charge on any atom is 0.253 e. The molecule has 5 nitrogen and oxygen atoms in total. The summed E-state index contributed by atoms with van der Waals surface area (Å²) in [4.78, 5) is 25.5. The fourth-order valence-corrected chi connectivity index (χ4v) is 2.98. The van der Waals surface area contributed by atoms with Crippen LogP contribution < -0.4 is 5.32 Å². The minimum atomic E-state index is -0.00428. The summed E-state index contributed by atoms with van der Waals surface area (Å²) in [7, 11) is 0. The number of hydrogen-bond donors (Lipinski definition) is 1. The van der Waals surface area contributed by atoms with Gasteiger partial charge in [0, 0.05) is 49.7 Å². The smallest absolute Gasteiger partial charge is 0.253 e. The van der Waals surface area contributed by atoms with Gasteiger partial charge in [0.2, 0.25) is 5.91 Å². The zero-order valence-electron chi connectivity index (χ0n) is 13.2. The summed E-state index contributed by atoms with van der Waals surface area (Å²) < 4.78 is 2.01. The highest BCUT2D eigenvalue weighted by atomic mass is 16.2. The molecule has 1 aromatic carbocycles. The summed E-state index contributed by atoms with van der Waals surface area (Å²) in [5.41, 5.74) is 1.75. The Hall–Kier alpha value is -2.56. The van der Waals surface area contributed by atoms with Gasteiger partial charge in [-0.15, -0.1) is 0 Å². The van der Waals surface area contributed by atoms with Gasteiger partial charge in [0.25, 0.3) is 5.91 Å². The molecular formula is C18H21N3O2. The number of hydrogen-bond acceptors (Lipinski definition) is 2. The number of piperidine rings is 1. The van der Waals surface area contributed by atoms with Crippen molar-refractivity contribution in [1.29, 1.82) is 0 Å². The van der Waals surface area contributed by atoms with E-state index in [2.05, 4.69) is 5.32 Å². The second kappa shape index (κ2) is 6.69. The molecule has 23 heavy (non-hydrogen) atoms. The third kappa shape index (κ3) is 3.62. The van der Waals surface area contributed by atoms with Gasteiger partial charge >= 0.3 is 0 Å². The highest BCUT2D eigenvalue weighted by Crippen LogP contribution is 2.16. The number of amides is 2. The van der Waals surface area contributed by atoms with E-state index in [9.17, 15) is 9.59 Å². The Morgan fingerprint density at radius 3 is 2.22 bits per heavy atom. The molecule has 0 saturated carbocycles. The van der Waals surface area contributed by atoms with Gasteiger partial charge in [0.15, 0.2) is 0 Å². The number of likely N-dealkylation sites (tertiary alicyclic amines) is 1. The van der Waals surface area contributed by atoms with E-state index in [0.29, 0.717) is 18.7 Å². The van der Waals surface area contributed by atoms with Crippen molar-refractivity contribution in [2.75, 3.05) is 13.1 Å². The first kappa shape index (κ1) is 15.3. The molecule has 1 fully saturated rings. The normalized spacial score (nSPS) is 15.4. The number of nitrogens with one attached hydrogen (secondary N) is 1. The minimum Gasteiger partial charge on any atom is -0.353 e. The van der Waals surface area contributed by atoms with Gasteiger partial charge in [0.1, 0.15) is 0 Å². The Bertz CT molecular complexity index is 669. The van der Waals surface area contributed by atoms with Crippen molar-refractivity contribution in [2.24, 2.45) is 0 Å². The van der Waals surface area contributed by atoms with Gasteiger partial charge < -0.3 is 14.8 Å². The van der Waals surface area contributed by atoms with Crippen molar-refractivity contribution in [3.63, 3.8) is 0 Å². The van der Waals surface area contributed by atoms with E-state index in [1.165, 1.54) is 6.92 Å². The first-order valence-corrected chi connectivity index (χ1v) is 7.93. The molecule has 1 N–H and O–H groups in total. The zero-order valence-corrected chi connectivity index (χ0v) is 13.2. The van der Waals surface area contributed by atoms with Crippen LogP contribution in [0.3, 0.4) is 0 Å². The number of benzene rings is 1. The summed E-state index contributed by atoms with van der Waals surface area (Å²) in [5, 5.41) is 2.92. The van der Waals surface area contributed by atoms with Crippen LogP contribution in [0, 0.1) is 0 Å². The zero-order chi connectivity index (χ0) is 16.2. The van der Waals surface area contributed by atoms with Crippen LogP contribution in [0.1, 0.15) is 30.1 Å². The highest BCUT2D eigenvalue weighted by Gasteiger charge is 2.23. The van der Waals surface area contributed by atoms with Crippen LogP contribution in [0.2, 0.25) is 0 Å². The second-order valence-corrected chi connectivity index (χ2v) is 5.90. The molecule has 1 saturated heterocycles. The van der Waals surface area contributed by atoms with E-state index >= 15 is 0 Å². The van der Waals surface area contributed by atoms with Crippen molar-refractivity contribution in [1.82, 2.24) is 14.8 Å². The van der Waals surface area contributed by atoms with Crippen LogP contribution >= 0.6 is 0 Å². The van der Waals surface area contributed by atoms with Crippen molar-refractivity contribution >= 4 is 11.8 Å². The molecule has 0 aliphatic carbocycles. The van der Waals surface area contributed by atoms with Gasteiger partial charge in [-0.3, -0.25) is 9.59 Å². The Morgan fingerprint density at radius 2 is 1.65 bits per heavy atom. The van der Waals surface area contributed by atoms with E-state index in [1.807, 2.05) is 58.3 Å². The molecule has 1 aliphatic rings. The lowest BCUT2D eigenvalue weighted by Crippen LogP contribution is -2.46. The summed E-state index contributed by atoms with van der Waals surface area (Å²) in [5.74, 6) is 0.0562. The largest absolute Gasteiger partial charge is 0.353 e. The molecule has 1 aliphatic heterocycles. The van der Waals surface area contributed by atoms with Gasteiger partial charge in [-0.1, -0.05) is 0 Å². The van der Waals surface area contributed by atoms with E-state index in [4.69, 9.17) is 0 Å². The van der Waals surface area contributed by atoms with Gasteiger partial charge in [-0.05, 0) is 49.2 Å². The van der Waals surface area contributed by atoms with Crippen molar-refractivity contribution in [2.45, 2.75) is 25.8 Å². The predicted octanol–water partition coefficient (Wildman–Crippen LogP) is 2.22. The average Bonchev–Trinajstić information content (AvgIpc) is 3.09. The Labute approximate surface area is 135 Å².